The van der Waals surface area contributed by atoms with Crippen LogP contribution in [-0.2, 0) is 11.8 Å². The van der Waals surface area contributed by atoms with Crippen molar-refractivity contribution >= 4 is 21.9 Å². The average Bonchev–Trinajstić information content (AvgIpc) is 3.84. The topological polar surface area (TPSA) is 13.1 Å². The molecule has 1 aromatic heterocycles. The molecule has 0 saturated heterocycles. The van der Waals surface area contributed by atoms with Crippen LogP contribution in [0.1, 0.15) is 44.9 Å². The van der Waals surface area contributed by atoms with Crippen molar-refractivity contribution < 1.29 is 4.42 Å². The molecule has 52 heavy (non-hydrogen) atoms. The first kappa shape index (κ1) is 29.3. The van der Waals surface area contributed by atoms with E-state index in [1.54, 1.807) is 0 Å². The number of hydrogen-bond acceptors (Lipinski definition) is 1. The molecule has 0 amide bonds. The molecule has 11 rings (SSSR count). The van der Waals surface area contributed by atoms with E-state index in [9.17, 15) is 0 Å². The lowest BCUT2D eigenvalue weighted by Gasteiger charge is -2.31. The van der Waals surface area contributed by atoms with Crippen molar-refractivity contribution in [1.29, 1.82) is 0 Å². The van der Waals surface area contributed by atoms with Crippen molar-refractivity contribution in [3.63, 3.8) is 0 Å². The van der Waals surface area contributed by atoms with Gasteiger partial charge in [0.15, 0.2) is 0 Å². The van der Waals surface area contributed by atoms with E-state index in [-0.39, 0.29) is 11.3 Å². The van der Waals surface area contributed by atoms with Gasteiger partial charge in [0.2, 0.25) is 0 Å². The first-order chi connectivity index (χ1) is 25.8. The Kier molecular flexibility index (Phi) is 6.36. The van der Waals surface area contributed by atoms with E-state index < -0.39 is 0 Å². The third-order valence-corrected chi connectivity index (χ3v) is 11.7. The Bertz CT molecular complexity index is 2770. The van der Waals surface area contributed by atoms with Gasteiger partial charge in [0.1, 0.15) is 11.2 Å². The van der Waals surface area contributed by atoms with Gasteiger partial charge in [-0.15, -0.1) is 0 Å². The minimum atomic E-state index is -0.360. The van der Waals surface area contributed by atoms with Crippen LogP contribution < -0.4 is 0 Å². The SMILES string of the molecule is c1ccc(-c2ccccc2C(Cc2ccc3c(c2)C2(c4ccccc4-c4ccccc42)c2ccccc2-3)c2ccc3oc4ccccc4c3c2)cc1. The lowest BCUT2D eigenvalue weighted by atomic mass is 9.70. The summed E-state index contributed by atoms with van der Waals surface area (Å²) in [5, 5.41) is 2.32. The van der Waals surface area contributed by atoms with E-state index in [0.717, 1.165) is 28.4 Å². The van der Waals surface area contributed by atoms with Gasteiger partial charge >= 0.3 is 0 Å². The zero-order chi connectivity index (χ0) is 34.2. The molecular weight excluding hydrogens is 629 g/mol. The van der Waals surface area contributed by atoms with Crippen LogP contribution in [-0.4, -0.2) is 0 Å². The second kappa shape index (κ2) is 11.3. The molecule has 1 nitrogen and oxygen atoms in total. The molecule has 9 aromatic rings. The Balaban J connectivity index is 1.13. The molecule has 0 aliphatic heterocycles. The largest absolute Gasteiger partial charge is 0.456 e. The third-order valence-electron chi connectivity index (χ3n) is 11.7. The Labute approximate surface area is 303 Å². The lowest BCUT2D eigenvalue weighted by molar-refractivity contribution is 0.668. The van der Waals surface area contributed by atoms with Gasteiger partial charge in [-0.05, 0) is 96.9 Å². The van der Waals surface area contributed by atoms with Crippen LogP contribution in [0, 0.1) is 0 Å². The van der Waals surface area contributed by atoms with E-state index in [2.05, 4.69) is 182 Å². The quantitative estimate of drug-likeness (QED) is 0.179. The van der Waals surface area contributed by atoms with Crippen LogP contribution >= 0.6 is 0 Å². The maximum absolute atomic E-state index is 6.30. The Hall–Kier alpha value is -6.44. The van der Waals surface area contributed by atoms with Gasteiger partial charge in [-0.3, -0.25) is 0 Å². The number of rotatable bonds is 5. The molecule has 0 radical (unpaired) electrons. The van der Waals surface area contributed by atoms with Crippen LogP contribution in [0.2, 0.25) is 0 Å². The molecule has 2 aliphatic rings. The van der Waals surface area contributed by atoms with Crippen LogP contribution in [0.4, 0.5) is 0 Å². The van der Waals surface area contributed by atoms with Gasteiger partial charge in [0, 0.05) is 16.7 Å². The standard InChI is InChI=1S/C51H34O/c1-2-14-34(15-3-1)36-16-4-5-17-37(36)43(35-27-29-50-44(32-35)42-21-9-13-25-49(42)52-50)30-33-26-28-41-40-20-8-12-24-47(40)51(48(41)31-33)45-22-10-6-18-38(45)39-19-7-11-23-46(39)51/h1-29,31-32,43H,30H2. The molecule has 0 fully saturated rings. The first-order valence-corrected chi connectivity index (χ1v) is 18.3. The normalized spacial score (nSPS) is 13.9. The molecular formula is C51H34O. The summed E-state index contributed by atoms with van der Waals surface area (Å²) in [6, 6.07) is 69.5. The molecule has 1 unspecified atom stereocenters. The number of hydrogen-bond donors (Lipinski definition) is 0. The summed E-state index contributed by atoms with van der Waals surface area (Å²) in [5.41, 5.74) is 18.8. The van der Waals surface area contributed by atoms with Crippen LogP contribution in [0.5, 0.6) is 0 Å². The molecule has 244 valence electrons. The predicted molar refractivity (Wildman–Crippen MR) is 214 cm³/mol. The highest BCUT2D eigenvalue weighted by atomic mass is 16.3. The molecule has 2 aliphatic carbocycles. The summed E-state index contributed by atoms with van der Waals surface area (Å²) in [7, 11) is 0. The number of fused-ring (bicyclic) bond motifs is 13. The monoisotopic (exact) mass is 662 g/mol. The van der Waals surface area contributed by atoms with Gasteiger partial charge in [-0.2, -0.15) is 0 Å². The van der Waals surface area contributed by atoms with Crippen molar-refractivity contribution in [1.82, 2.24) is 0 Å². The molecule has 0 N–H and O–H groups in total. The molecule has 1 atom stereocenters. The number of furan rings is 1. The molecule has 8 aromatic carbocycles. The van der Waals surface area contributed by atoms with Gasteiger partial charge < -0.3 is 4.42 Å². The average molecular weight is 663 g/mol. The second-order valence-electron chi connectivity index (χ2n) is 14.3. The van der Waals surface area contributed by atoms with Crippen molar-refractivity contribution in [2.24, 2.45) is 0 Å². The van der Waals surface area contributed by atoms with Crippen molar-refractivity contribution in [3.8, 4) is 33.4 Å². The highest BCUT2D eigenvalue weighted by molar-refractivity contribution is 6.05. The minimum absolute atomic E-state index is 0.107. The summed E-state index contributed by atoms with van der Waals surface area (Å²) < 4.78 is 6.30. The fraction of sp³-hybridized carbons (Fsp3) is 0.0588. The summed E-state index contributed by atoms with van der Waals surface area (Å²) in [5.74, 6) is 0.107. The highest BCUT2D eigenvalue weighted by Gasteiger charge is 2.51. The second-order valence-corrected chi connectivity index (χ2v) is 14.3. The Morgan fingerprint density at radius 1 is 0.404 bits per heavy atom. The zero-order valence-corrected chi connectivity index (χ0v) is 28.6. The van der Waals surface area contributed by atoms with Gasteiger partial charge in [0.25, 0.3) is 0 Å². The molecule has 1 heterocycles. The zero-order valence-electron chi connectivity index (χ0n) is 28.6. The summed E-state index contributed by atoms with van der Waals surface area (Å²) in [6.45, 7) is 0. The fourth-order valence-corrected chi connectivity index (χ4v) is 9.55. The predicted octanol–water partition coefficient (Wildman–Crippen LogP) is 13.0. The van der Waals surface area contributed by atoms with Crippen molar-refractivity contribution in [2.45, 2.75) is 17.8 Å². The third kappa shape index (κ3) is 4.11. The van der Waals surface area contributed by atoms with E-state index in [1.807, 2.05) is 6.07 Å². The van der Waals surface area contributed by atoms with Crippen molar-refractivity contribution in [2.75, 3.05) is 0 Å². The van der Waals surface area contributed by atoms with E-state index in [1.165, 1.54) is 72.3 Å². The van der Waals surface area contributed by atoms with E-state index in [0.29, 0.717) is 0 Å². The Morgan fingerprint density at radius 3 is 1.67 bits per heavy atom. The molecule has 0 bridgehead atoms. The van der Waals surface area contributed by atoms with Gasteiger partial charge in [-0.25, -0.2) is 0 Å². The Morgan fingerprint density at radius 2 is 0.962 bits per heavy atom. The lowest BCUT2D eigenvalue weighted by Crippen LogP contribution is -2.26. The molecule has 0 saturated carbocycles. The smallest absolute Gasteiger partial charge is 0.135 e. The summed E-state index contributed by atoms with van der Waals surface area (Å²) >= 11 is 0. The van der Waals surface area contributed by atoms with Crippen LogP contribution in [0.3, 0.4) is 0 Å². The highest BCUT2D eigenvalue weighted by Crippen LogP contribution is 2.62. The van der Waals surface area contributed by atoms with E-state index >= 15 is 0 Å². The number of para-hydroxylation sites is 1. The number of benzene rings is 8. The van der Waals surface area contributed by atoms with E-state index in [4.69, 9.17) is 4.42 Å². The maximum Gasteiger partial charge on any atom is 0.135 e. The summed E-state index contributed by atoms with van der Waals surface area (Å²) in [4.78, 5) is 0. The molecule has 1 heteroatoms. The van der Waals surface area contributed by atoms with Gasteiger partial charge in [-0.1, -0.05) is 170 Å². The van der Waals surface area contributed by atoms with Crippen molar-refractivity contribution in [3.05, 3.63) is 227 Å². The summed E-state index contributed by atoms with van der Waals surface area (Å²) in [6.07, 6.45) is 0.855. The fourth-order valence-electron chi connectivity index (χ4n) is 9.55. The molecule has 1 spiro atoms. The van der Waals surface area contributed by atoms with Gasteiger partial charge in [0.05, 0.1) is 5.41 Å². The minimum Gasteiger partial charge on any atom is -0.456 e. The van der Waals surface area contributed by atoms with Crippen LogP contribution in [0.15, 0.2) is 192 Å². The maximum atomic E-state index is 6.30. The first-order valence-electron chi connectivity index (χ1n) is 18.3. The van der Waals surface area contributed by atoms with Crippen LogP contribution in [0.25, 0.3) is 55.3 Å².